The highest BCUT2D eigenvalue weighted by atomic mass is 16.5. The Morgan fingerprint density at radius 2 is 1.81 bits per heavy atom. The topological polar surface area (TPSA) is 91.8 Å². The molecule has 0 spiro atoms. The van der Waals surface area contributed by atoms with Crippen LogP contribution in [-0.2, 0) is 14.3 Å². The Morgan fingerprint density at radius 1 is 1.14 bits per heavy atom. The maximum Gasteiger partial charge on any atom is 0.305 e. The van der Waals surface area contributed by atoms with Crippen molar-refractivity contribution in [3.8, 4) is 0 Å². The lowest BCUT2D eigenvalue weighted by Gasteiger charge is -2.21. The molecule has 0 atom stereocenters. The largest absolute Gasteiger partial charge is 0.469 e. The number of aliphatic imine (C=N–C) groups is 1. The third kappa shape index (κ3) is 11.7. The van der Waals surface area contributed by atoms with Gasteiger partial charge in [0.25, 0.3) is 0 Å². The van der Waals surface area contributed by atoms with Crippen LogP contribution in [0.15, 0.2) is 4.99 Å². The number of nitrogens with one attached hydrogen (secondary N) is 3. The van der Waals surface area contributed by atoms with Gasteiger partial charge < -0.3 is 20.7 Å². The van der Waals surface area contributed by atoms with E-state index in [1.54, 1.807) is 7.05 Å². The lowest BCUT2D eigenvalue weighted by Crippen LogP contribution is -2.48. The third-order valence-corrected chi connectivity index (χ3v) is 2.48. The van der Waals surface area contributed by atoms with Crippen LogP contribution in [-0.4, -0.2) is 50.6 Å². The van der Waals surface area contributed by atoms with Gasteiger partial charge in [-0.15, -0.1) is 0 Å². The lowest BCUT2D eigenvalue weighted by atomic mass is 10.1. The molecule has 0 aromatic rings. The van der Waals surface area contributed by atoms with Crippen molar-refractivity contribution in [1.82, 2.24) is 16.0 Å². The number of methoxy groups -OCH3 is 1. The van der Waals surface area contributed by atoms with Crippen molar-refractivity contribution in [2.75, 3.05) is 27.2 Å². The third-order valence-electron chi connectivity index (χ3n) is 2.48. The molecule has 1 amide bonds. The molecule has 0 unspecified atom stereocenters. The number of hydrogen-bond acceptors (Lipinski definition) is 4. The van der Waals surface area contributed by atoms with Crippen LogP contribution in [0, 0.1) is 0 Å². The number of rotatable bonds is 7. The quantitative estimate of drug-likeness (QED) is 0.274. The van der Waals surface area contributed by atoms with E-state index < -0.39 is 0 Å². The standard InChI is InChI=1S/C14H28N4O3/c1-14(2,3)18-11(19)10-17-13(15-4)16-9-7-6-8-12(20)21-5/h6-10H2,1-5H3,(H,18,19)(H2,15,16,17). The highest BCUT2D eigenvalue weighted by molar-refractivity contribution is 5.86. The molecule has 0 aromatic heterocycles. The summed E-state index contributed by atoms with van der Waals surface area (Å²) in [6.45, 7) is 6.63. The summed E-state index contributed by atoms with van der Waals surface area (Å²) in [5, 5.41) is 8.88. The minimum atomic E-state index is -0.246. The van der Waals surface area contributed by atoms with Crippen LogP contribution in [0.5, 0.6) is 0 Å². The van der Waals surface area contributed by atoms with Crippen molar-refractivity contribution >= 4 is 17.8 Å². The van der Waals surface area contributed by atoms with E-state index in [1.807, 2.05) is 20.8 Å². The molecular formula is C14H28N4O3. The number of hydrogen-bond donors (Lipinski definition) is 3. The highest BCUT2D eigenvalue weighted by Gasteiger charge is 2.13. The van der Waals surface area contributed by atoms with Crippen molar-refractivity contribution in [2.24, 2.45) is 4.99 Å². The van der Waals surface area contributed by atoms with Crippen LogP contribution < -0.4 is 16.0 Å². The van der Waals surface area contributed by atoms with Crippen molar-refractivity contribution in [2.45, 2.75) is 45.6 Å². The molecule has 0 saturated carbocycles. The summed E-state index contributed by atoms with van der Waals surface area (Å²) in [5.41, 5.74) is -0.246. The first kappa shape index (κ1) is 19.2. The van der Waals surface area contributed by atoms with Gasteiger partial charge in [-0.1, -0.05) is 0 Å². The van der Waals surface area contributed by atoms with Gasteiger partial charge in [-0.3, -0.25) is 14.6 Å². The monoisotopic (exact) mass is 300 g/mol. The van der Waals surface area contributed by atoms with Gasteiger partial charge in [0.2, 0.25) is 5.91 Å². The zero-order valence-electron chi connectivity index (χ0n) is 13.7. The number of unbranched alkanes of at least 4 members (excludes halogenated alkanes) is 1. The Bertz CT molecular complexity index is 362. The summed E-state index contributed by atoms with van der Waals surface area (Å²) in [4.78, 5) is 26.6. The zero-order chi connectivity index (χ0) is 16.3. The second-order valence-corrected chi connectivity index (χ2v) is 5.68. The van der Waals surface area contributed by atoms with Crippen LogP contribution >= 0.6 is 0 Å². The fourth-order valence-electron chi connectivity index (χ4n) is 1.55. The molecule has 0 radical (unpaired) electrons. The second kappa shape index (κ2) is 10.0. The van der Waals surface area contributed by atoms with Gasteiger partial charge in [-0.05, 0) is 33.6 Å². The molecule has 0 heterocycles. The molecule has 7 heteroatoms. The summed E-state index contributed by atoms with van der Waals surface area (Å²) < 4.78 is 4.56. The van der Waals surface area contributed by atoms with Gasteiger partial charge in [0.15, 0.2) is 5.96 Å². The average molecular weight is 300 g/mol. The van der Waals surface area contributed by atoms with E-state index >= 15 is 0 Å². The first-order valence-corrected chi connectivity index (χ1v) is 7.11. The fraction of sp³-hybridized carbons (Fsp3) is 0.786. The second-order valence-electron chi connectivity index (χ2n) is 5.68. The fourth-order valence-corrected chi connectivity index (χ4v) is 1.55. The number of nitrogens with zero attached hydrogens (tertiary/aromatic N) is 1. The Kier molecular flexibility index (Phi) is 9.16. The minimum Gasteiger partial charge on any atom is -0.469 e. The number of carbonyl (C=O) groups is 2. The van der Waals surface area contributed by atoms with Gasteiger partial charge >= 0.3 is 5.97 Å². The van der Waals surface area contributed by atoms with E-state index in [2.05, 4.69) is 25.7 Å². The van der Waals surface area contributed by atoms with Crippen LogP contribution in [0.25, 0.3) is 0 Å². The minimum absolute atomic E-state index is 0.0869. The van der Waals surface area contributed by atoms with Gasteiger partial charge in [0.1, 0.15) is 0 Å². The molecule has 0 fully saturated rings. The molecule has 122 valence electrons. The maximum atomic E-state index is 11.7. The van der Waals surface area contributed by atoms with Crippen LogP contribution in [0.3, 0.4) is 0 Å². The summed E-state index contributed by atoms with van der Waals surface area (Å²) in [6.07, 6.45) is 1.99. The zero-order valence-corrected chi connectivity index (χ0v) is 13.7. The Balaban J connectivity index is 3.82. The van der Waals surface area contributed by atoms with E-state index in [0.717, 1.165) is 12.8 Å². The van der Waals surface area contributed by atoms with E-state index in [4.69, 9.17) is 0 Å². The number of guanidine groups is 1. The summed E-state index contributed by atoms with van der Waals surface area (Å²) >= 11 is 0. The predicted octanol–water partition coefficient (Wildman–Crippen LogP) is 0.409. The Morgan fingerprint density at radius 3 is 2.33 bits per heavy atom. The summed E-state index contributed by atoms with van der Waals surface area (Å²) in [6, 6.07) is 0. The van der Waals surface area contributed by atoms with Crippen molar-refractivity contribution in [1.29, 1.82) is 0 Å². The molecular weight excluding hydrogens is 272 g/mol. The first-order valence-electron chi connectivity index (χ1n) is 7.11. The van der Waals surface area contributed by atoms with Gasteiger partial charge in [-0.25, -0.2) is 0 Å². The SMILES string of the molecule is CN=C(NCCCCC(=O)OC)NCC(=O)NC(C)(C)C. The van der Waals surface area contributed by atoms with E-state index in [0.29, 0.717) is 18.9 Å². The van der Waals surface area contributed by atoms with Crippen molar-refractivity contribution < 1.29 is 14.3 Å². The van der Waals surface area contributed by atoms with Crippen molar-refractivity contribution in [3.63, 3.8) is 0 Å². The number of ether oxygens (including phenoxy) is 1. The average Bonchev–Trinajstić information content (AvgIpc) is 2.39. The summed E-state index contributed by atoms with van der Waals surface area (Å²) in [7, 11) is 3.03. The molecule has 0 aliphatic heterocycles. The predicted molar refractivity (Wildman–Crippen MR) is 83.1 cm³/mol. The van der Waals surface area contributed by atoms with Crippen LogP contribution in [0.1, 0.15) is 40.0 Å². The molecule has 0 rings (SSSR count). The van der Waals surface area contributed by atoms with Gasteiger partial charge in [-0.2, -0.15) is 0 Å². The maximum absolute atomic E-state index is 11.7. The molecule has 0 aliphatic carbocycles. The normalized spacial score (nSPS) is 11.8. The van der Waals surface area contributed by atoms with Gasteiger partial charge in [0.05, 0.1) is 13.7 Å². The molecule has 3 N–H and O–H groups in total. The molecule has 0 bridgehead atoms. The highest BCUT2D eigenvalue weighted by Crippen LogP contribution is 1.97. The molecule has 21 heavy (non-hydrogen) atoms. The Hall–Kier alpha value is -1.79. The smallest absolute Gasteiger partial charge is 0.305 e. The van der Waals surface area contributed by atoms with E-state index in [-0.39, 0.29) is 24.0 Å². The molecule has 0 aromatic carbocycles. The van der Waals surface area contributed by atoms with Gasteiger partial charge in [0, 0.05) is 25.6 Å². The first-order chi connectivity index (χ1) is 9.78. The van der Waals surface area contributed by atoms with E-state index in [9.17, 15) is 9.59 Å². The number of esters is 1. The molecule has 0 saturated heterocycles. The lowest BCUT2D eigenvalue weighted by molar-refractivity contribution is -0.140. The Labute approximate surface area is 126 Å². The van der Waals surface area contributed by atoms with Crippen LogP contribution in [0.2, 0.25) is 0 Å². The van der Waals surface area contributed by atoms with E-state index in [1.165, 1.54) is 7.11 Å². The summed E-state index contributed by atoms with van der Waals surface area (Å²) in [5.74, 6) is 0.282. The number of amides is 1. The van der Waals surface area contributed by atoms with Crippen LogP contribution in [0.4, 0.5) is 0 Å². The van der Waals surface area contributed by atoms with Crippen molar-refractivity contribution in [3.05, 3.63) is 0 Å². The molecule has 7 nitrogen and oxygen atoms in total. The molecule has 0 aliphatic rings. The number of carbonyl (C=O) groups excluding carboxylic acids is 2.